The first-order valence-corrected chi connectivity index (χ1v) is 11.1. The summed E-state index contributed by atoms with van der Waals surface area (Å²) < 4.78 is 29.0. The van der Waals surface area contributed by atoms with Crippen molar-refractivity contribution in [2.24, 2.45) is 5.92 Å². The van der Waals surface area contributed by atoms with Gasteiger partial charge in [-0.1, -0.05) is 12.1 Å². The Kier molecular flexibility index (Phi) is 8.45. The van der Waals surface area contributed by atoms with Crippen LogP contribution in [0.15, 0.2) is 24.3 Å². The summed E-state index contributed by atoms with van der Waals surface area (Å²) in [5.74, 6) is 1.00. The van der Waals surface area contributed by atoms with E-state index in [1.54, 1.807) is 12.1 Å². The maximum atomic E-state index is 12.7. The smallest absolute Gasteiger partial charge is 0.387 e. The molecule has 0 radical (unpaired) electrons. The van der Waals surface area contributed by atoms with E-state index in [0.29, 0.717) is 18.4 Å². The highest BCUT2D eigenvalue weighted by Crippen LogP contribution is 2.24. The SMILES string of the molecule is CN1CCC(N(C)C(=O)CCC2CCCN(Cc3ccc(OC(F)F)cc3)C2)CC1. The van der Waals surface area contributed by atoms with Gasteiger partial charge in [-0.05, 0) is 82.4 Å². The Labute approximate surface area is 179 Å². The average molecular weight is 424 g/mol. The lowest BCUT2D eigenvalue weighted by Gasteiger charge is -2.36. The second kappa shape index (κ2) is 11.0. The fourth-order valence-corrected chi connectivity index (χ4v) is 4.65. The number of nitrogens with zero attached hydrogens (tertiary/aromatic N) is 3. The van der Waals surface area contributed by atoms with E-state index < -0.39 is 6.61 Å². The van der Waals surface area contributed by atoms with Crippen LogP contribution in [-0.4, -0.2) is 73.5 Å². The first-order chi connectivity index (χ1) is 14.4. The van der Waals surface area contributed by atoms with E-state index in [1.165, 1.54) is 6.42 Å². The number of carbonyl (C=O) groups is 1. The lowest BCUT2D eigenvalue weighted by Crippen LogP contribution is -2.44. The van der Waals surface area contributed by atoms with Crippen molar-refractivity contribution in [3.63, 3.8) is 0 Å². The number of piperidine rings is 2. The van der Waals surface area contributed by atoms with Gasteiger partial charge in [-0.3, -0.25) is 9.69 Å². The normalized spacial score (nSPS) is 21.7. The molecule has 0 spiro atoms. The van der Waals surface area contributed by atoms with Crippen LogP contribution < -0.4 is 4.74 Å². The van der Waals surface area contributed by atoms with E-state index in [-0.39, 0.29) is 11.7 Å². The Morgan fingerprint density at radius 1 is 1.17 bits per heavy atom. The van der Waals surface area contributed by atoms with Gasteiger partial charge >= 0.3 is 6.61 Å². The van der Waals surface area contributed by atoms with Gasteiger partial charge in [0.15, 0.2) is 0 Å². The van der Waals surface area contributed by atoms with Crippen LogP contribution in [0.1, 0.15) is 44.1 Å². The molecule has 2 fully saturated rings. The highest BCUT2D eigenvalue weighted by molar-refractivity contribution is 5.76. The Morgan fingerprint density at radius 3 is 2.53 bits per heavy atom. The van der Waals surface area contributed by atoms with E-state index in [4.69, 9.17) is 0 Å². The number of hydrogen-bond donors (Lipinski definition) is 0. The topological polar surface area (TPSA) is 36.0 Å². The number of hydrogen-bond acceptors (Lipinski definition) is 4. The number of halogens is 2. The third-order valence-corrected chi connectivity index (χ3v) is 6.55. The number of carbonyl (C=O) groups excluding carboxylic acids is 1. The van der Waals surface area contributed by atoms with Gasteiger partial charge in [-0.15, -0.1) is 0 Å². The molecule has 7 heteroatoms. The molecule has 5 nitrogen and oxygen atoms in total. The van der Waals surface area contributed by atoms with Crippen LogP contribution in [0.4, 0.5) is 8.78 Å². The number of amides is 1. The molecule has 0 aliphatic carbocycles. The minimum absolute atomic E-state index is 0.192. The molecule has 0 bridgehead atoms. The number of benzene rings is 1. The van der Waals surface area contributed by atoms with E-state index in [0.717, 1.165) is 64.0 Å². The third kappa shape index (κ3) is 6.91. The van der Waals surface area contributed by atoms with Crippen LogP contribution in [0, 0.1) is 5.92 Å². The molecule has 0 saturated carbocycles. The molecule has 30 heavy (non-hydrogen) atoms. The zero-order chi connectivity index (χ0) is 21.5. The lowest BCUT2D eigenvalue weighted by atomic mass is 9.92. The Morgan fingerprint density at radius 2 is 1.87 bits per heavy atom. The predicted molar refractivity (Wildman–Crippen MR) is 114 cm³/mol. The standard InChI is InChI=1S/C23H35F2N3O2/c1-26-14-11-20(12-15-26)27(2)22(29)10-7-18-4-3-13-28(16-18)17-19-5-8-21(9-6-19)30-23(24)25/h5-6,8-9,18,20,23H,3-4,7,10-17H2,1-2H3. The second-order valence-electron chi connectivity index (χ2n) is 8.84. The summed E-state index contributed by atoms with van der Waals surface area (Å²) in [7, 11) is 4.10. The van der Waals surface area contributed by atoms with Crippen LogP contribution in [0.2, 0.25) is 0 Å². The Hall–Kier alpha value is -1.73. The van der Waals surface area contributed by atoms with Gasteiger partial charge in [0.25, 0.3) is 0 Å². The summed E-state index contributed by atoms with van der Waals surface area (Å²) in [6.45, 7) is 2.16. The van der Waals surface area contributed by atoms with Gasteiger partial charge in [0.05, 0.1) is 0 Å². The molecule has 0 N–H and O–H groups in total. The highest BCUT2D eigenvalue weighted by atomic mass is 19.3. The van der Waals surface area contributed by atoms with Gasteiger partial charge in [0.1, 0.15) is 5.75 Å². The van der Waals surface area contributed by atoms with Gasteiger partial charge < -0.3 is 14.5 Å². The molecule has 1 aromatic rings. The minimum atomic E-state index is -2.79. The van der Waals surface area contributed by atoms with Crippen molar-refractivity contribution in [1.82, 2.24) is 14.7 Å². The molecule has 2 aliphatic rings. The summed E-state index contributed by atoms with van der Waals surface area (Å²) >= 11 is 0. The van der Waals surface area contributed by atoms with Crippen LogP contribution >= 0.6 is 0 Å². The maximum Gasteiger partial charge on any atom is 0.387 e. The van der Waals surface area contributed by atoms with Crippen molar-refractivity contribution in [1.29, 1.82) is 0 Å². The number of rotatable bonds is 8. The van der Waals surface area contributed by atoms with Crippen molar-refractivity contribution >= 4 is 5.91 Å². The average Bonchev–Trinajstić information content (AvgIpc) is 2.73. The molecule has 1 atom stereocenters. The molecule has 3 rings (SSSR count). The van der Waals surface area contributed by atoms with Crippen molar-refractivity contribution in [3.8, 4) is 5.75 Å². The summed E-state index contributed by atoms with van der Waals surface area (Å²) in [6.07, 6.45) is 6.00. The first kappa shape index (κ1) is 22.9. The minimum Gasteiger partial charge on any atom is -0.435 e. The van der Waals surface area contributed by atoms with Gasteiger partial charge in [-0.25, -0.2) is 0 Å². The van der Waals surface area contributed by atoms with E-state index >= 15 is 0 Å². The molecule has 168 valence electrons. The van der Waals surface area contributed by atoms with Gasteiger partial charge in [0.2, 0.25) is 5.91 Å². The predicted octanol–water partition coefficient (Wildman–Crippen LogP) is 3.83. The number of likely N-dealkylation sites (tertiary alicyclic amines) is 2. The molecule has 2 saturated heterocycles. The zero-order valence-corrected chi connectivity index (χ0v) is 18.2. The Bertz CT molecular complexity index is 663. The van der Waals surface area contributed by atoms with E-state index in [9.17, 15) is 13.6 Å². The van der Waals surface area contributed by atoms with E-state index in [2.05, 4.69) is 21.6 Å². The number of alkyl halides is 2. The maximum absolute atomic E-state index is 12.7. The van der Waals surface area contributed by atoms with Crippen molar-refractivity contribution in [3.05, 3.63) is 29.8 Å². The van der Waals surface area contributed by atoms with Gasteiger partial charge in [-0.2, -0.15) is 8.78 Å². The van der Waals surface area contributed by atoms with Crippen LogP contribution in [0.3, 0.4) is 0 Å². The molecule has 1 unspecified atom stereocenters. The molecule has 2 heterocycles. The molecule has 2 aliphatic heterocycles. The Balaban J connectivity index is 1.41. The lowest BCUT2D eigenvalue weighted by molar-refractivity contribution is -0.133. The van der Waals surface area contributed by atoms with Crippen molar-refractivity contribution in [2.45, 2.75) is 57.7 Å². The van der Waals surface area contributed by atoms with Gasteiger partial charge in [0, 0.05) is 32.6 Å². The fraction of sp³-hybridized carbons (Fsp3) is 0.696. The molecule has 1 amide bonds. The summed E-state index contributed by atoms with van der Waals surface area (Å²) in [6, 6.07) is 7.28. The summed E-state index contributed by atoms with van der Waals surface area (Å²) in [5, 5.41) is 0. The van der Waals surface area contributed by atoms with Crippen LogP contribution in [0.25, 0.3) is 0 Å². The quantitative estimate of drug-likeness (QED) is 0.637. The largest absolute Gasteiger partial charge is 0.435 e. The molecular weight excluding hydrogens is 388 g/mol. The van der Waals surface area contributed by atoms with Crippen LogP contribution in [0.5, 0.6) is 5.75 Å². The van der Waals surface area contributed by atoms with Crippen molar-refractivity contribution < 1.29 is 18.3 Å². The molecule has 1 aromatic carbocycles. The third-order valence-electron chi connectivity index (χ3n) is 6.55. The van der Waals surface area contributed by atoms with E-state index in [1.807, 2.05) is 24.1 Å². The highest BCUT2D eigenvalue weighted by Gasteiger charge is 2.25. The monoisotopic (exact) mass is 423 g/mol. The number of ether oxygens (including phenoxy) is 1. The second-order valence-corrected chi connectivity index (χ2v) is 8.84. The first-order valence-electron chi connectivity index (χ1n) is 11.1. The zero-order valence-electron chi connectivity index (χ0n) is 18.2. The van der Waals surface area contributed by atoms with Crippen LogP contribution in [-0.2, 0) is 11.3 Å². The summed E-state index contributed by atoms with van der Waals surface area (Å²) in [4.78, 5) is 19.4. The molecular formula is C23H35F2N3O2. The van der Waals surface area contributed by atoms with Crippen molar-refractivity contribution in [2.75, 3.05) is 40.3 Å². The fourth-order valence-electron chi connectivity index (χ4n) is 4.65. The molecule has 0 aromatic heterocycles. The summed E-state index contributed by atoms with van der Waals surface area (Å²) in [5.41, 5.74) is 1.09.